The van der Waals surface area contributed by atoms with Crippen molar-refractivity contribution in [2.24, 2.45) is 0 Å². The topological polar surface area (TPSA) is 49.4 Å². The molecule has 0 saturated heterocycles. The summed E-state index contributed by atoms with van der Waals surface area (Å²) in [6, 6.07) is 6.87. The molecule has 1 atom stereocenters. The smallest absolute Gasteiger partial charge is 0.242 e. The van der Waals surface area contributed by atoms with E-state index in [-0.39, 0.29) is 11.8 Å². The van der Waals surface area contributed by atoms with Gasteiger partial charge in [0.2, 0.25) is 11.8 Å². The Bertz CT molecular complexity index is 640. The molecule has 0 spiro atoms. The van der Waals surface area contributed by atoms with E-state index in [2.05, 4.69) is 11.4 Å². The molecule has 0 bridgehead atoms. The number of benzene rings is 1. The van der Waals surface area contributed by atoms with Crippen molar-refractivity contribution in [3.05, 3.63) is 46.5 Å². The molecule has 1 aliphatic rings. The molecule has 1 N–H and O–H groups in total. The zero-order valence-electron chi connectivity index (χ0n) is 15.8. The number of rotatable bonds is 8. The van der Waals surface area contributed by atoms with Crippen molar-refractivity contribution < 1.29 is 9.59 Å². The van der Waals surface area contributed by atoms with Gasteiger partial charge in [0.1, 0.15) is 6.04 Å². The van der Waals surface area contributed by atoms with Gasteiger partial charge in [-0.05, 0) is 56.7 Å². The Morgan fingerprint density at radius 1 is 1.23 bits per heavy atom. The zero-order valence-corrected chi connectivity index (χ0v) is 16.5. The molecule has 142 valence electrons. The van der Waals surface area contributed by atoms with Crippen molar-refractivity contribution in [1.29, 1.82) is 0 Å². The number of nitrogens with one attached hydrogen (secondary N) is 1. The molecule has 2 rings (SSSR count). The highest BCUT2D eigenvalue weighted by molar-refractivity contribution is 6.30. The molecule has 0 radical (unpaired) electrons. The summed E-state index contributed by atoms with van der Waals surface area (Å²) in [5.74, 6) is -0.130. The second-order valence-corrected chi connectivity index (χ2v) is 7.26. The highest BCUT2D eigenvalue weighted by Gasteiger charge is 2.24. The Morgan fingerprint density at radius 3 is 2.58 bits per heavy atom. The van der Waals surface area contributed by atoms with Gasteiger partial charge in [0.25, 0.3) is 0 Å². The van der Waals surface area contributed by atoms with Crippen LogP contribution in [0.15, 0.2) is 35.9 Å². The first kappa shape index (κ1) is 20.5. The standard InChI is InChI=1S/C21H29ClN2O2/c1-3-20(25)24(15-18-9-11-19(22)12-10-18)16(2)21(26)23-14-13-17-7-5-4-6-8-17/h7,9-12,16H,3-6,8,13-15H2,1-2H3,(H,23,26)/t16-/m0/s1. The summed E-state index contributed by atoms with van der Waals surface area (Å²) < 4.78 is 0. The summed E-state index contributed by atoms with van der Waals surface area (Å²) >= 11 is 5.92. The first-order valence-corrected chi connectivity index (χ1v) is 9.88. The van der Waals surface area contributed by atoms with Gasteiger partial charge >= 0.3 is 0 Å². The molecule has 0 unspecified atom stereocenters. The second kappa shape index (κ2) is 10.4. The Kier molecular flexibility index (Phi) is 8.17. The van der Waals surface area contributed by atoms with Gasteiger partial charge in [-0.1, -0.05) is 42.3 Å². The molecule has 0 saturated carbocycles. The van der Waals surface area contributed by atoms with Gasteiger partial charge < -0.3 is 10.2 Å². The first-order valence-electron chi connectivity index (χ1n) is 9.50. The van der Waals surface area contributed by atoms with Gasteiger partial charge in [0.05, 0.1) is 0 Å². The van der Waals surface area contributed by atoms with Crippen LogP contribution in [0.1, 0.15) is 57.9 Å². The third-order valence-corrected chi connectivity index (χ3v) is 5.12. The van der Waals surface area contributed by atoms with Gasteiger partial charge in [-0.25, -0.2) is 0 Å². The molecule has 4 nitrogen and oxygen atoms in total. The quantitative estimate of drug-likeness (QED) is 0.680. The van der Waals surface area contributed by atoms with E-state index < -0.39 is 6.04 Å². The van der Waals surface area contributed by atoms with Crippen LogP contribution in [0.5, 0.6) is 0 Å². The highest BCUT2D eigenvalue weighted by Crippen LogP contribution is 2.19. The minimum atomic E-state index is -0.501. The lowest BCUT2D eigenvalue weighted by Gasteiger charge is -2.28. The van der Waals surface area contributed by atoms with E-state index in [9.17, 15) is 9.59 Å². The number of hydrogen-bond donors (Lipinski definition) is 1. The van der Waals surface area contributed by atoms with Crippen molar-refractivity contribution in [2.75, 3.05) is 6.54 Å². The summed E-state index contributed by atoms with van der Waals surface area (Å²) in [5.41, 5.74) is 2.40. The fraction of sp³-hybridized carbons (Fsp3) is 0.524. The van der Waals surface area contributed by atoms with Gasteiger partial charge in [0.15, 0.2) is 0 Å². The second-order valence-electron chi connectivity index (χ2n) is 6.83. The maximum atomic E-state index is 12.5. The van der Waals surface area contributed by atoms with Crippen LogP contribution in [-0.4, -0.2) is 29.3 Å². The number of carbonyl (C=O) groups is 2. The van der Waals surface area contributed by atoms with Crippen molar-refractivity contribution in [2.45, 2.75) is 65.0 Å². The van der Waals surface area contributed by atoms with Crippen molar-refractivity contribution >= 4 is 23.4 Å². The van der Waals surface area contributed by atoms with Crippen LogP contribution in [-0.2, 0) is 16.1 Å². The molecule has 1 aromatic rings. The van der Waals surface area contributed by atoms with E-state index in [0.717, 1.165) is 24.8 Å². The minimum Gasteiger partial charge on any atom is -0.354 e. The monoisotopic (exact) mass is 376 g/mol. The van der Waals surface area contributed by atoms with E-state index >= 15 is 0 Å². The minimum absolute atomic E-state index is 0.0300. The molecule has 0 aliphatic heterocycles. The highest BCUT2D eigenvalue weighted by atomic mass is 35.5. The molecule has 1 aliphatic carbocycles. The molecule has 2 amide bonds. The number of hydrogen-bond acceptors (Lipinski definition) is 2. The predicted octanol–water partition coefficient (Wildman–Crippen LogP) is 4.47. The van der Waals surface area contributed by atoms with Crippen LogP contribution < -0.4 is 5.32 Å². The Hall–Kier alpha value is -1.81. The maximum absolute atomic E-state index is 12.5. The number of halogens is 1. The summed E-state index contributed by atoms with van der Waals surface area (Å²) in [7, 11) is 0. The average Bonchev–Trinajstić information content (AvgIpc) is 2.67. The number of carbonyl (C=O) groups excluding carboxylic acids is 2. The number of amides is 2. The third-order valence-electron chi connectivity index (χ3n) is 4.87. The van der Waals surface area contributed by atoms with Crippen LogP contribution in [0.2, 0.25) is 5.02 Å². The Balaban J connectivity index is 1.92. The van der Waals surface area contributed by atoms with Gasteiger partial charge in [-0.15, -0.1) is 0 Å². The predicted molar refractivity (Wildman–Crippen MR) is 106 cm³/mol. The van der Waals surface area contributed by atoms with E-state index in [4.69, 9.17) is 11.6 Å². The van der Waals surface area contributed by atoms with Crippen molar-refractivity contribution in [3.63, 3.8) is 0 Å². The van der Waals surface area contributed by atoms with Crippen LogP contribution >= 0.6 is 11.6 Å². The van der Waals surface area contributed by atoms with Crippen LogP contribution in [0, 0.1) is 0 Å². The maximum Gasteiger partial charge on any atom is 0.242 e. The molecule has 1 aromatic carbocycles. The number of nitrogens with zero attached hydrogens (tertiary/aromatic N) is 1. The molecular formula is C21H29ClN2O2. The Labute approximate surface area is 161 Å². The number of allylic oxidation sites excluding steroid dienone is 1. The van der Waals surface area contributed by atoms with E-state index in [0.29, 0.717) is 24.5 Å². The van der Waals surface area contributed by atoms with Crippen LogP contribution in [0.25, 0.3) is 0 Å². The molecular weight excluding hydrogens is 348 g/mol. The molecule has 26 heavy (non-hydrogen) atoms. The third kappa shape index (κ3) is 6.17. The van der Waals surface area contributed by atoms with Gasteiger partial charge in [0, 0.05) is 24.5 Å². The van der Waals surface area contributed by atoms with Crippen molar-refractivity contribution in [3.8, 4) is 0 Å². The normalized spacial score (nSPS) is 15.1. The lowest BCUT2D eigenvalue weighted by Crippen LogP contribution is -2.47. The Morgan fingerprint density at radius 2 is 1.96 bits per heavy atom. The van der Waals surface area contributed by atoms with Crippen LogP contribution in [0.4, 0.5) is 0 Å². The van der Waals surface area contributed by atoms with Crippen molar-refractivity contribution in [1.82, 2.24) is 10.2 Å². The van der Waals surface area contributed by atoms with E-state index in [1.165, 1.54) is 18.4 Å². The summed E-state index contributed by atoms with van der Waals surface area (Å²) in [6.45, 7) is 4.64. The van der Waals surface area contributed by atoms with E-state index in [1.807, 2.05) is 19.1 Å². The van der Waals surface area contributed by atoms with Gasteiger partial charge in [-0.2, -0.15) is 0 Å². The van der Waals surface area contributed by atoms with Crippen LogP contribution in [0.3, 0.4) is 0 Å². The largest absolute Gasteiger partial charge is 0.354 e. The molecule has 5 heteroatoms. The fourth-order valence-corrected chi connectivity index (χ4v) is 3.32. The molecule has 0 aromatic heterocycles. The first-order chi connectivity index (χ1) is 12.5. The van der Waals surface area contributed by atoms with Gasteiger partial charge in [-0.3, -0.25) is 9.59 Å². The zero-order chi connectivity index (χ0) is 18.9. The fourth-order valence-electron chi connectivity index (χ4n) is 3.20. The average molecular weight is 377 g/mol. The lowest BCUT2D eigenvalue weighted by molar-refractivity contribution is -0.140. The molecule has 0 fully saturated rings. The lowest BCUT2D eigenvalue weighted by atomic mass is 9.97. The SMILES string of the molecule is CCC(=O)N(Cc1ccc(Cl)cc1)[C@@H](C)C(=O)NCCC1=CCCCC1. The summed E-state index contributed by atoms with van der Waals surface area (Å²) in [5, 5.41) is 3.65. The summed E-state index contributed by atoms with van der Waals surface area (Å²) in [6.07, 6.45) is 8.38. The molecule has 0 heterocycles. The summed E-state index contributed by atoms with van der Waals surface area (Å²) in [4.78, 5) is 26.5. The van der Waals surface area contributed by atoms with E-state index in [1.54, 1.807) is 24.0 Å².